The number of likely N-dealkylation sites (tertiary alicyclic amines) is 2. The third-order valence-corrected chi connectivity index (χ3v) is 10.8. The predicted molar refractivity (Wildman–Crippen MR) is 230 cm³/mol. The molecule has 2 aliphatic heterocycles. The summed E-state index contributed by atoms with van der Waals surface area (Å²) in [6.07, 6.45) is 16.9. The Bertz CT molecular complexity index is 1960. The van der Waals surface area contributed by atoms with Gasteiger partial charge < -0.3 is 30.8 Å². The number of rotatable bonds is 15. The SMILES string of the molecule is CCCCOc1nc(N)c2c(n1)C(C(O)c1ccc(CN3CCCC3)cc1)=CC2.CCCCOc1nc(N)c2c(n1)C=[C+]C2.COc1ccc(CN2CCCC2)cc1. The van der Waals surface area contributed by atoms with Gasteiger partial charge in [0.15, 0.2) is 11.9 Å². The fourth-order valence-electron chi connectivity index (χ4n) is 7.38. The topological polar surface area (TPSA) is 158 Å². The lowest BCUT2D eigenvalue weighted by atomic mass is 9.99. The first-order chi connectivity index (χ1) is 28.3. The Morgan fingerprint density at radius 2 is 1.26 bits per heavy atom. The molecular formula is C46H61N8O4+. The van der Waals surface area contributed by atoms with E-state index < -0.39 is 6.10 Å². The van der Waals surface area contributed by atoms with Crippen LogP contribution in [0.1, 0.15) is 111 Å². The molecule has 5 N–H and O–H groups in total. The van der Waals surface area contributed by atoms with Gasteiger partial charge >= 0.3 is 12.0 Å². The highest BCUT2D eigenvalue weighted by molar-refractivity contribution is 5.77. The van der Waals surface area contributed by atoms with Crippen LogP contribution in [0.25, 0.3) is 11.6 Å². The molecule has 2 saturated heterocycles. The fraction of sp³-hybridized carbons (Fsp3) is 0.478. The van der Waals surface area contributed by atoms with Gasteiger partial charge in [-0.05, 0) is 99.9 Å². The first-order valence-electron chi connectivity index (χ1n) is 21.0. The Morgan fingerprint density at radius 3 is 1.81 bits per heavy atom. The fourth-order valence-corrected chi connectivity index (χ4v) is 7.38. The molecule has 0 bridgehead atoms. The average molecular weight is 790 g/mol. The molecule has 0 radical (unpaired) electrons. The summed E-state index contributed by atoms with van der Waals surface area (Å²) in [5, 5.41) is 11.0. The number of anilines is 2. The molecule has 4 aliphatic rings. The number of benzene rings is 2. The molecule has 0 spiro atoms. The van der Waals surface area contributed by atoms with Crippen LogP contribution in [0.5, 0.6) is 17.8 Å². The highest BCUT2D eigenvalue weighted by Gasteiger charge is 2.27. The van der Waals surface area contributed by atoms with E-state index >= 15 is 0 Å². The first kappa shape index (κ1) is 42.5. The summed E-state index contributed by atoms with van der Waals surface area (Å²) < 4.78 is 16.2. The number of hydrogen-bond donors (Lipinski definition) is 3. The number of allylic oxidation sites excluding steroid dienone is 2. The van der Waals surface area contributed by atoms with Gasteiger partial charge in [-0.15, -0.1) is 0 Å². The quantitative estimate of drug-likeness (QED) is 0.0811. The molecular weight excluding hydrogens is 729 g/mol. The average Bonchev–Trinajstić information content (AvgIpc) is 4.09. The zero-order valence-electron chi connectivity index (χ0n) is 34.6. The van der Waals surface area contributed by atoms with Crippen LogP contribution in [0.3, 0.4) is 0 Å². The smallest absolute Gasteiger partial charge is 0.339 e. The second-order valence-corrected chi connectivity index (χ2v) is 15.2. The van der Waals surface area contributed by atoms with Crippen LogP contribution in [-0.2, 0) is 25.9 Å². The van der Waals surface area contributed by atoms with Gasteiger partial charge in [0, 0.05) is 24.2 Å². The molecule has 2 aromatic heterocycles. The number of aliphatic hydroxyl groups excluding tert-OH is 1. The van der Waals surface area contributed by atoms with Crippen molar-refractivity contribution in [2.24, 2.45) is 0 Å². The van der Waals surface area contributed by atoms with Crippen molar-refractivity contribution in [3.63, 3.8) is 0 Å². The molecule has 2 aliphatic carbocycles. The standard InChI is InChI=1S/C23H30N4O2.C12H17NO.C11H14N3O/c1-2-3-14-29-23-25-20-18(10-11-19(20)22(24)26-23)21(28)17-8-6-16(7-9-17)15-27-12-4-5-13-27;1-14-12-6-4-11(5-7-12)10-13-8-2-3-9-13;1-2-3-7-15-11-13-9-6-4-5-8(9)10(12)14-11/h6-10,21,28H,2-5,11-15H2,1H3,(H2,24,25,26);4-7H,2-3,8-10H2,1H3;6H,2-3,5,7H2,1H3,(H2,12,13,14)/q;;+1. The van der Waals surface area contributed by atoms with E-state index in [2.05, 4.69) is 73.9 Å². The summed E-state index contributed by atoms with van der Waals surface area (Å²) in [4.78, 5) is 22.2. The normalized spacial score (nSPS) is 16.0. The number of fused-ring (bicyclic) bond motifs is 2. The van der Waals surface area contributed by atoms with Crippen LogP contribution in [-0.4, -0.2) is 81.3 Å². The summed E-state index contributed by atoms with van der Waals surface area (Å²) >= 11 is 0. The lowest BCUT2D eigenvalue weighted by Crippen LogP contribution is -2.18. The number of methoxy groups -OCH3 is 1. The van der Waals surface area contributed by atoms with Gasteiger partial charge in [0.25, 0.3) is 0 Å². The van der Waals surface area contributed by atoms with Crippen LogP contribution in [0.2, 0.25) is 0 Å². The van der Waals surface area contributed by atoms with Crippen LogP contribution in [0, 0.1) is 6.08 Å². The van der Waals surface area contributed by atoms with Gasteiger partial charge in [-0.2, -0.15) is 15.0 Å². The largest absolute Gasteiger partial charge is 0.497 e. The van der Waals surface area contributed by atoms with Crippen molar-refractivity contribution in [3.05, 3.63) is 99.9 Å². The highest BCUT2D eigenvalue weighted by Crippen LogP contribution is 2.38. The van der Waals surface area contributed by atoms with Crippen molar-refractivity contribution in [2.75, 3.05) is 58.0 Å². The molecule has 58 heavy (non-hydrogen) atoms. The Balaban J connectivity index is 0.000000163. The van der Waals surface area contributed by atoms with E-state index in [9.17, 15) is 5.11 Å². The predicted octanol–water partition coefficient (Wildman–Crippen LogP) is 7.41. The van der Waals surface area contributed by atoms with E-state index in [1.165, 1.54) is 63.0 Å². The monoisotopic (exact) mass is 789 g/mol. The summed E-state index contributed by atoms with van der Waals surface area (Å²) in [6, 6.07) is 17.3. The molecule has 12 nitrogen and oxygen atoms in total. The maximum absolute atomic E-state index is 11.0. The van der Waals surface area contributed by atoms with Crippen LogP contribution in [0.4, 0.5) is 11.6 Å². The van der Waals surface area contributed by atoms with Crippen LogP contribution >= 0.6 is 0 Å². The zero-order valence-corrected chi connectivity index (χ0v) is 34.6. The molecule has 4 heterocycles. The van der Waals surface area contributed by atoms with Gasteiger partial charge in [0.05, 0.1) is 32.1 Å². The minimum atomic E-state index is -0.741. The van der Waals surface area contributed by atoms with Crippen LogP contribution < -0.4 is 25.7 Å². The zero-order chi connectivity index (χ0) is 40.7. The number of aromatic nitrogens is 4. The van der Waals surface area contributed by atoms with Gasteiger partial charge in [0.2, 0.25) is 5.69 Å². The minimum absolute atomic E-state index is 0.288. The summed E-state index contributed by atoms with van der Waals surface area (Å²) in [6.45, 7) is 12.4. The Kier molecular flexibility index (Phi) is 15.8. The van der Waals surface area contributed by atoms with E-state index in [-0.39, 0.29) is 6.01 Å². The Hall–Kier alpha value is -5.13. The van der Waals surface area contributed by atoms with E-state index in [1.54, 1.807) is 7.11 Å². The lowest BCUT2D eigenvalue weighted by Gasteiger charge is -2.17. The van der Waals surface area contributed by atoms with E-state index in [0.29, 0.717) is 49.4 Å². The summed E-state index contributed by atoms with van der Waals surface area (Å²) in [7, 11) is 1.70. The number of unbranched alkanes of at least 4 members (excludes halogenated alkanes) is 2. The van der Waals surface area contributed by atoms with Crippen LogP contribution in [0.15, 0.2) is 54.6 Å². The Morgan fingerprint density at radius 1 is 0.724 bits per heavy atom. The number of hydrogen-bond acceptors (Lipinski definition) is 12. The molecule has 2 aromatic carbocycles. The number of nitrogens with two attached hydrogens (primary N) is 2. The Labute approximate surface area is 344 Å². The maximum Gasteiger partial charge on any atom is 0.339 e. The van der Waals surface area contributed by atoms with E-state index in [1.807, 2.05) is 36.4 Å². The molecule has 1 atom stereocenters. The van der Waals surface area contributed by atoms with E-state index in [0.717, 1.165) is 72.5 Å². The third kappa shape index (κ3) is 11.7. The van der Waals surface area contributed by atoms with Crippen molar-refractivity contribution in [1.82, 2.24) is 29.7 Å². The second kappa shape index (κ2) is 21.6. The molecule has 0 amide bonds. The van der Waals surface area contributed by atoms with Gasteiger partial charge in [-0.1, -0.05) is 74.1 Å². The molecule has 8 rings (SSSR count). The molecule has 1 unspecified atom stereocenters. The number of nitrogen functional groups attached to an aromatic ring is 2. The molecule has 4 aromatic rings. The number of nitrogens with zero attached hydrogens (tertiary/aromatic N) is 6. The minimum Gasteiger partial charge on any atom is -0.497 e. The highest BCUT2D eigenvalue weighted by atomic mass is 16.5. The molecule has 0 saturated carbocycles. The molecule has 308 valence electrons. The molecule has 12 heteroatoms. The maximum atomic E-state index is 11.0. The van der Waals surface area contributed by atoms with E-state index in [4.69, 9.17) is 25.7 Å². The summed E-state index contributed by atoms with van der Waals surface area (Å²) in [5.41, 5.74) is 19.6. The lowest BCUT2D eigenvalue weighted by molar-refractivity contribution is 0.237. The third-order valence-electron chi connectivity index (χ3n) is 10.8. The van der Waals surface area contributed by atoms with Gasteiger partial charge in [0.1, 0.15) is 29.7 Å². The first-order valence-corrected chi connectivity index (χ1v) is 21.0. The molecule has 2 fully saturated rings. The number of aliphatic hydroxyl groups is 1. The van der Waals surface area contributed by atoms with Crippen molar-refractivity contribution < 1.29 is 19.3 Å². The van der Waals surface area contributed by atoms with Crippen molar-refractivity contribution >= 4 is 23.3 Å². The van der Waals surface area contributed by atoms with Gasteiger partial charge in [-0.3, -0.25) is 9.80 Å². The second-order valence-electron chi connectivity index (χ2n) is 15.2. The summed E-state index contributed by atoms with van der Waals surface area (Å²) in [5.74, 6) is 1.88. The van der Waals surface area contributed by atoms with Crippen molar-refractivity contribution in [1.29, 1.82) is 0 Å². The van der Waals surface area contributed by atoms with Crippen molar-refractivity contribution in [2.45, 2.75) is 97.2 Å². The van der Waals surface area contributed by atoms with Crippen molar-refractivity contribution in [3.8, 4) is 17.8 Å². The van der Waals surface area contributed by atoms with Gasteiger partial charge in [-0.25, -0.2) is 0 Å². The number of ether oxygens (including phenoxy) is 3.